The Hall–Kier alpha value is -0.340. The number of methoxy groups -OCH3 is 1. The summed E-state index contributed by atoms with van der Waals surface area (Å²) >= 11 is 3.52. The lowest BCUT2D eigenvalue weighted by Gasteiger charge is -2.05. The van der Waals surface area contributed by atoms with Crippen LogP contribution >= 0.6 is 15.9 Å². The van der Waals surface area contributed by atoms with Crippen molar-refractivity contribution in [2.75, 3.05) is 14.2 Å². The van der Waals surface area contributed by atoms with E-state index in [1.54, 1.807) is 14.2 Å². The van der Waals surface area contributed by atoms with Crippen molar-refractivity contribution in [3.05, 3.63) is 34.3 Å². The van der Waals surface area contributed by atoms with E-state index in [9.17, 15) is 0 Å². The molecule has 0 heterocycles. The molecular weight excluding hydrogens is 240 g/mol. The van der Waals surface area contributed by atoms with Crippen LogP contribution in [-0.4, -0.2) is 14.2 Å². The highest BCUT2D eigenvalue weighted by Gasteiger charge is 2.00. The lowest BCUT2D eigenvalue weighted by atomic mass is 10.0. The average Bonchev–Trinajstić information content (AvgIpc) is 2.09. The Bertz CT molecular complexity index is 246. The van der Waals surface area contributed by atoms with Crippen LogP contribution in [0.2, 0.25) is 0 Å². The summed E-state index contributed by atoms with van der Waals surface area (Å²) in [5, 5.41) is 0. The van der Waals surface area contributed by atoms with Gasteiger partial charge in [-0.3, -0.25) is 0 Å². The Balaban J connectivity index is 0.000000500. The molecule has 1 aromatic rings. The molecule has 0 saturated carbocycles. The number of benzene rings is 1. The summed E-state index contributed by atoms with van der Waals surface area (Å²) in [6.07, 6.45) is 1.15. The molecule has 1 nitrogen and oxygen atoms in total. The van der Waals surface area contributed by atoms with E-state index in [4.69, 9.17) is 0 Å². The zero-order valence-electron chi connectivity index (χ0n) is 9.38. The van der Waals surface area contributed by atoms with Gasteiger partial charge in [-0.2, -0.15) is 0 Å². The molecule has 1 rings (SSSR count). The van der Waals surface area contributed by atoms with Crippen molar-refractivity contribution in [2.24, 2.45) is 5.92 Å². The SMILES string of the molecule is CC(C)Cc1ccccc1Br.COC. The minimum absolute atomic E-state index is 0.730. The van der Waals surface area contributed by atoms with Gasteiger partial charge in [0.2, 0.25) is 0 Å². The highest BCUT2D eigenvalue weighted by Crippen LogP contribution is 2.18. The third-order valence-corrected chi connectivity index (χ3v) is 2.36. The zero-order valence-corrected chi connectivity index (χ0v) is 11.0. The van der Waals surface area contributed by atoms with Crippen LogP contribution in [0.3, 0.4) is 0 Å². The Morgan fingerprint density at radius 1 is 1.21 bits per heavy atom. The van der Waals surface area contributed by atoms with Gasteiger partial charge in [-0.15, -0.1) is 0 Å². The van der Waals surface area contributed by atoms with Crippen molar-refractivity contribution in [3.8, 4) is 0 Å². The fourth-order valence-corrected chi connectivity index (χ4v) is 1.55. The van der Waals surface area contributed by atoms with Crippen molar-refractivity contribution < 1.29 is 4.74 Å². The lowest BCUT2D eigenvalue weighted by Crippen LogP contribution is -1.94. The van der Waals surface area contributed by atoms with Gasteiger partial charge in [0.1, 0.15) is 0 Å². The second kappa shape index (κ2) is 8.01. The molecule has 14 heavy (non-hydrogen) atoms. The molecule has 80 valence electrons. The van der Waals surface area contributed by atoms with E-state index in [0.717, 1.165) is 12.3 Å². The first-order valence-corrected chi connectivity index (χ1v) is 5.54. The molecule has 0 unspecified atom stereocenters. The van der Waals surface area contributed by atoms with Crippen molar-refractivity contribution >= 4 is 15.9 Å². The molecule has 0 atom stereocenters. The van der Waals surface area contributed by atoms with Gasteiger partial charge < -0.3 is 4.74 Å². The standard InChI is InChI=1S/C10H13Br.C2H6O/c1-8(2)7-9-5-3-4-6-10(9)11;1-3-2/h3-6,8H,7H2,1-2H3;1-2H3. The van der Waals surface area contributed by atoms with Crippen LogP contribution in [0.1, 0.15) is 19.4 Å². The number of hydrogen-bond acceptors (Lipinski definition) is 1. The lowest BCUT2D eigenvalue weighted by molar-refractivity contribution is 0.277. The van der Waals surface area contributed by atoms with Gasteiger partial charge >= 0.3 is 0 Å². The van der Waals surface area contributed by atoms with Crippen molar-refractivity contribution in [2.45, 2.75) is 20.3 Å². The second-order valence-corrected chi connectivity index (χ2v) is 4.45. The van der Waals surface area contributed by atoms with Crippen molar-refractivity contribution in [3.63, 3.8) is 0 Å². The highest BCUT2D eigenvalue weighted by molar-refractivity contribution is 9.10. The maximum absolute atomic E-state index is 4.25. The molecule has 0 bridgehead atoms. The molecule has 0 aliphatic rings. The van der Waals surface area contributed by atoms with E-state index in [1.165, 1.54) is 10.0 Å². The Morgan fingerprint density at radius 3 is 2.14 bits per heavy atom. The van der Waals surface area contributed by atoms with E-state index < -0.39 is 0 Å². The summed E-state index contributed by atoms with van der Waals surface area (Å²) in [5.41, 5.74) is 1.41. The molecule has 0 radical (unpaired) electrons. The van der Waals surface area contributed by atoms with E-state index in [2.05, 4.69) is 52.7 Å². The quantitative estimate of drug-likeness (QED) is 0.782. The molecule has 0 saturated heterocycles. The van der Waals surface area contributed by atoms with Gasteiger partial charge in [0.15, 0.2) is 0 Å². The minimum Gasteiger partial charge on any atom is -0.388 e. The molecule has 0 fully saturated rings. The average molecular weight is 259 g/mol. The number of hydrogen-bond donors (Lipinski definition) is 0. The fourth-order valence-electron chi connectivity index (χ4n) is 1.10. The predicted octanol–water partition coefficient (Wildman–Crippen LogP) is 3.91. The summed E-state index contributed by atoms with van der Waals surface area (Å²) in [6, 6.07) is 8.40. The Kier molecular flexibility index (Phi) is 7.81. The highest BCUT2D eigenvalue weighted by atomic mass is 79.9. The van der Waals surface area contributed by atoms with Crippen LogP contribution in [0.4, 0.5) is 0 Å². The third-order valence-electron chi connectivity index (χ3n) is 1.59. The summed E-state index contributed by atoms with van der Waals surface area (Å²) in [6.45, 7) is 4.47. The first kappa shape index (κ1) is 13.7. The second-order valence-electron chi connectivity index (χ2n) is 3.60. The van der Waals surface area contributed by atoms with Crippen LogP contribution in [0.15, 0.2) is 28.7 Å². The molecule has 0 spiro atoms. The van der Waals surface area contributed by atoms with Gasteiger partial charge in [0.05, 0.1) is 0 Å². The van der Waals surface area contributed by atoms with E-state index in [1.807, 2.05) is 6.07 Å². The first-order valence-electron chi connectivity index (χ1n) is 4.75. The minimum atomic E-state index is 0.730. The van der Waals surface area contributed by atoms with E-state index in [0.29, 0.717) is 0 Å². The van der Waals surface area contributed by atoms with Crippen LogP contribution in [0.5, 0.6) is 0 Å². The maximum atomic E-state index is 4.25. The summed E-state index contributed by atoms with van der Waals surface area (Å²) in [4.78, 5) is 0. The molecule has 0 amide bonds. The Labute approximate surface area is 95.6 Å². The molecule has 0 N–H and O–H groups in total. The van der Waals surface area contributed by atoms with E-state index in [-0.39, 0.29) is 0 Å². The van der Waals surface area contributed by atoms with Crippen LogP contribution in [-0.2, 0) is 11.2 Å². The summed E-state index contributed by atoms with van der Waals surface area (Å²) in [7, 11) is 3.25. The normalized spacial score (nSPS) is 9.57. The summed E-state index contributed by atoms with van der Waals surface area (Å²) < 4.78 is 5.48. The maximum Gasteiger partial charge on any atom is 0.0351 e. The van der Waals surface area contributed by atoms with Gasteiger partial charge in [0, 0.05) is 18.7 Å². The third kappa shape index (κ3) is 6.17. The van der Waals surface area contributed by atoms with Gasteiger partial charge in [0.25, 0.3) is 0 Å². The number of ether oxygens (including phenoxy) is 1. The van der Waals surface area contributed by atoms with Crippen LogP contribution in [0.25, 0.3) is 0 Å². The van der Waals surface area contributed by atoms with Crippen molar-refractivity contribution in [1.29, 1.82) is 0 Å². The van der Waals surface area contributed by atoms with Gasteiger partial charge in [-0.1, -0.05) is 48.0 Å². The predicted molar refractivity (Wildman–Crippen MR) is 65.6 cm³/mol. The fraction of sp³-hybridized carbons (Fsp3) is 0.500. The summed E-state index contributed by atoms with van der Waals surface area (Å²) in [5.74, 6) is 0.730. The smallest absolute Gasteiger partial charge is 0.0351 e. The van der Waals surface area contributed by atoms with Crippen LogP contribution < -0.4 is 0 Å². The molecule has 1 aromatic carbocycles. The largest absolute Gasteiger partial charge is 0.388 e. The molecule has 2 heteroatoms. The van der Waals surface area contributed by atoms with Gasteiger partial charge in [-0.05, 0) is 24.0 Å². The zero-order chi connectivity index (χ0) is 11.0. The molecule has 0 aliphatic carbocycles. The van der Waals surface area contributed by atoms with Gasteiger partial charge in [-0.25, -0.2) is 0 Å². The molecule has 0 aliphatic heterocycles. The molecular formula is C12H19BrO. The number of rotatable bonds is 2. The van der Waals surface area contributed by atoms with Crippen molar-refractivity contribution in [1.82, 2.24) is 0 Å². The Morgan fingerprint density at radius 2 is 1.71 bits per heavy atom. The van der Waals surface area contributed by atoms with Crippen LogP contribution in [0, 0.1) is 5.92 Å². The first-order chi connectivity index (χ1) is 6.61. The topological polar surface area (TPSA) is 9.23 Å². The molecule has 0 aromatic heterocycles. The number of halogens is 1. The van der Waals surface area contributed by atoms with E-state index >= 15 is 0 Å². The monoisotopic (exact) mass is 258 g/mol.